The Morgan fingerprint density at radius 2 is 1.82 bits per heavy atom. The third-order valence-corrected chi connectivity index (χ3v) is 7.09. The molecule has 0 saturated carbocycles. The van der Waals surface area contributed by atoms with Gasteiger partial charge in [0, 0.05) is 18.7 Å². The molecule has 3 aliphatic rings. The van der Waals surface area contributed by atoms with Gasteiger partial charge < -0.3 is 14.5 Å². The van der Waals surface area contributed by atoms with Crippen LogP contribution in [0.3, 0.4) is 0 Å². The molecular weight excluding hydrogens is 441 g/mol. The highest BCUT2D eigenvalue weighted by atomic mass is 19.4. The monoisotopic (exact) mass is 474 g/mol. The molecule has 0 spiro atoms. The van der Waals surface area contributed by atoms with Gasteiger partial charge in [0.2, 0.25) is 0 Å². The number of piperidine rings is 1. The van der Waals surface area contributed by atoms with Crippen LogP contribution < -0.4 is 4.74 Å². The molecule has 4 nitrogen and oxygen atoms in total. The smallest absolute Gasteiger partial charge is 0.406 e. The van der Waals surface area contributed by atoms with Crippen LogP contribution in [0, 0.1) is 5.92 Å². The number of hydrogen-bond donors (Lipinski definition) is 0. The second kappa shape index (κ2) is 10.4. The zero-order chi connectivity index (χ0) is 24.3. The minimum absolute atomic E-state index is 0.000318. The largest absolute Gasteiger partial charge is 0.573 e. The summed E-state index contributed by atoms with van der Waals surface area (Å²) in [6.45, 7) is 5.29. The van der Waals surface area contributed by atoms with Gasteiger partial charge in [-0.2, -0.15) is 0 Å². The average molecular weight is 475 g/mol. The highest BCUT2D eigenvalue weighted by Crippen LogP contribution is 2.34. The van der Waals surface area contributed by atoms with Crippen molar-refractivity contribution in [3.63, 3.8) is 0 Å². The van der Waals surface area contributed by atoms with E-state index in [-0.39, 0.29) is 11.7 Å². The molecule has 34 heavy (non-hydrogen) atoms. The topological polar surface area (TPSA) is 32.8 Å². The molecule has 184 valence electrons. The number of amides is 1. The normalized spacial score (nSPS) is 20.3. The highest BCUT2D eigenvalue weighted by molar-refractivity contribution is 6.02. The lowest BCUT2D eigenvalue weighted by atomic mass is 9.90. The van der Waals surface area contributed by atoms with Gasteiger partial charge in [0.1, 0.15) is 5.75 Å². The van der Waals surface area contributed by atoms with Gasteiger partial charge in [0.25, 0.3) is 5.91 Å². The number of fused-ring (bicyclic) bond motifs is 1. The zero-order valence-corrected chi connectivity index (χ0v) is 20.0. The Bertz CT molecular complexity index is 984. The number of alkyl halides is 3. The number of hydrogen-bond acceptors (Lipinski definition) is 3. The quantitative estimate of drug-likeness (QED) is 0.485. The summed E-state index contributed by atoms with van der Waals surface area (Å²) >= 11 is 0. The van der Waals surface area contributed by atoms with Gasteiger partial charge in [0.05, 0.1) is 0 Å². The molecular formula is C27H33F3N2O2. The lowest BCUT2D eigenvalue weighted by Gasteiger charge is -2.28. The predicted octanol–water partition coefficient (Wildman–Crippen LogP) is 6.01. The lowest BCUT2D eigenvalue weighted by Crippen LogP contribution is -2.30. The second-order valence-electron chi connectivity index (χ2n) is 9.80. The first kappa shape index (κ1) is 24.6. The summed E-state index contributed by atoms with van der Waals surface area (Å²) in [6.07, 6.45) is 6.55. The molecule has 2 aliphatic heterocycles. The van der Waals surface area contributed by atoms with Crippen molar-refractivity contribution < 1.29 is 22.7 Å². The summed E-state index contributed by atoms with van der Waals surface area (Å²) < 4.78 is 41.1. The molecule has 2 saturated heterocycles. The summed E-state index contributed by atoms with van der Waals surface area (Å²) in [6, 6.07) is 5.73. The third-order valence-electron chi connectivity index (χ3n) is 7.09. The van der Waals surface area contributed by atoms with Crippen LogP contribution in [0.4, 0.5) is 13.2 Å². The SMILES string of the molecule is CC1=C2C(=O)N(Cc3ccc(OC(F)(F)F)cc3)CC2=CC(CCCC2CCN(C)CC2)=CC1. The van der Waals surface area contributed by atoms with Crippen molar-refractivity contribution in [1.82, 2.24) is 9.80 Å². The molecule has 7 heteroatoms. The fourth-order valence-corrected chi connectivity index (χ4v) is 5.16. The van der Waals surface area contributed by atoms with Gasteiger partial charge in [-0.05, 0) is 88.4 Å². The minimum atomic E-state index is -4.71. The van der Waals surface area contributed by atoms with Crippen molar-refractivity contribution in [1.29, 1.82) is 0 Å². The number of benzene rings is 1. The van der Waals surface area contributed by atoms with Gasteiger partial charge in [-0.3, -0.25) is 4.79 Å². The Morgan fingerprint density at radius 1 is 1.12 bits per heavy atom. The molecule has 2 heterocycles. The molecule has 4 rings (SSSR count). The number of allylic oxidation sites excluding steroid dienone is 4. The van der Waals surface area contributed by atoms with E-state index in [0.717, 1.165) is 41.0 Å². The van der Waals surface area contributed by atoms with E-state index in [2.05, 4.69) is 28.8 Å². The summed E-state index contributed by atoms with van der Waals surface area (Å²) in [4.78, 5) is 17.3. The molecule has 1 aromatic rings. The average Bonchev–Trinajstić information content (AvgIpc) is 2.98. The number of rotatable bonds is 7. The molecule has 0 N–H and O–H groups in total. The Labute approximate surface area is 199 Å². The van der Waals surface area contributed by atoms with Crippen molar-refractivity contribution in [2.24, 2.45) is 5.92 Å². The molecule has 0 radical (unpaired) electrons. The summed E-state index contributed by atoms with van der Waals surface area (Å²) in [5.41, 5.74) is 5.02. The van der Waals surface area contributed by atoms with Crippen molar-refractivity contribution in [3.05, 3.63) is 64.3 Å². The van der Waals surface area contributed by atoms with Gasteiger partial charge in [-0.25, -0.2) is 0 Å². The Morgan fingerprint density at radius 3 is 2.50 bits per heavy atom. The van der Waals surface area contributed by atoms with Crippen LogP contribution in [-0.2, 0) is 11.3 Å². The maximum atomic E-state index is 13.1. The maximum Gasteiger partial charge on any atom is 0.573 e. The molecule has 1 amide bonds. The van der Waals surface area contributed by atoms with Gasteiger partial charge >= 0.3 is 6.36 Å². The van der Waals surface area contributed by atoms with E-state index >= 15 is 0 Å². The fraction of sp³-hybridized carbons (Fsp3) is 0.519. The first-order valence-electron chi connectivity index (χ1n) is 12.1. The number of halogens is 3. The fourth-order valence-electron chi connectivity index (χ4n) is 5.16. The third kappa shape index (κ3) is 6.32. The van der Waals surface area contributed by atoms with E-state index in [9.17, 15) is 18.0 Å². The zero-order valence-electron chi connectivity index (χ0n) is 20.0. The predicted molar refractivity (Wildman–Crippen MR) is 126 cm³/mol. The van der Waals surface area contributed by atoms with Crippen LogP contribution in [-0.4, -0.2) is 48.8 Å². The lowest BCUT2D eigenvalue weighted by molar-refractivity contribution is -0.274. The standard InChI is InChI=1S/C27H33F3N2O2/c1-19-6-7-21(5-3-4-20-12-14-31(2)15-13-20)16-23-18-32(26(33)25(19)23)17-22-8-10-24(11-9-22)34-27(28,29)30/h7-11,16,20H,3-6,12-15,17-18H2,1-2H3. The molecule has 2 fully saturated rings. The van der Waals surface area contributed by atoms with E-state index in [1.54, 1.807) is 17.0 Å². The first-order valence-corrected chi connectivity index (χ1v) is 12.1. The molecule has 0 bridgehead atoms. The van der Waals surface area contributed by atoms with Crippen molar-refractivity contribution >= 4 is 5.91 Å². The Balaban J connectivity index is 1.36. The highest BCUT2D eigenvalue weighted by Gasteiger charge is 2.33. The Hall–Kier alpha value is -2.54. The van der Waals surface area contributed by atoms with Crippen molar-refractivity contribution in [2.75, 3.05) is 26.7 Å². The van der Waals surface area contributed by atoms with Gasteiger partial charge in [-0.1, -0.05) is 41.9 Å². The summed E-state index contributed by atoms with van der Waals surface area (Å²) in [7, 11) is 2.19. The van der Waals surface area contributed by atoms with E-state index < -0.39 is 6.36 Å². The van der Waals surface area contributed by atoms with Gasteiger partial charge in [-0.15, -0.1) is 13.2 Å². The van der Waals surface area contributed by atoms with E-state index in [1.165, 1.54) is 56.5 Å². The van der Waals surface area contributed by atoms with Crippen molar-refractivity contribution in [3.8, 4) is 5.75 Å². The number of nitrogens with zero attached hydrogens (tertiary/aromatic N) is 2. The molecule has 0 atom stereocenters. The van der Waals surface area contributed by atoms with E-state index in [4.69, 9.17) is 0 Å². The van der Waals surface area contributed by atoms with E-state index in [0.29, 0.717) is 13.1 Å². The maximum absolute atomic E-state index is 13.1. The Kier molecular flexibility index (Phi) is 7.51. The van der Waals surface area contributed by atoms with E-state index in [1.807, 2.05) is 6.92 Å². The number of likely N-dealkylation sites (tertiary alicyclic amines) is 2. The van der Waals surface area contributed by atoms with Crippen LogP contribution in [0.2, 0.25) is 0 Å². The number of carbonyl (C=O) groups is 1. The van der Waals surface area contributed by atoms with Crippen LogP contribution in [0.15, 0.2) is 58.7 Å². The minimum Gasteiger partial charge on any atom is -0.406 e. The van der Waals surface area contributed by atoms with Gasteiger partial charge in [0.15, 0.2) is 0 Å². The molecule has 0 unspecified atom stereocenters. The van der Waals surface area contributed by atoms with Crippen molar-refractivity contribution in [2.45, 2.75) is 58.4 Å². The van der Waals surface area contributed by atoms with Crippen LogP contribution in [0.1, 0.15) is 51.0 Å². The summed E-state index contributed by atoms with van der Waals surface area (Å²) in [5, 5.41) is 0. The second-order valence-corrected chi connectivity index (χ2v) is 9.80. The number of ether oxygens (including phenoxy) is 1. The van der Waals surface area contributed by atoms with Crippen LogP contribution in [0.5, 0.6) is 5.75 Å². The molecule has 1 aliphatic carbocycles. The number of carbonyl (C=O) groups excluding carboxylic acids is 1. The first-order chi connectivity index (χ1) is 16.2. The molecule has 0 aromatic heterocycles. The van der Waals surface area contributed by atoms with Crippen LogP contribution in [0.25, 0.3) is 0 Å². The van der Waals surface area contributed by atoms with Crippen LogP contribution >= 0.6 is 0 Å². The summed E-state index contributed by atoms with van der Waals surface area (Å²) in [5.74, 6) is 0.563. The molecule has 1 aromatic carbocycles.